The van der Waals surface area contributed by atoms with E-state index in [1.54, 1.807) is 11.3 Å². The summed E-state index contributed by atoms with van der Waals surface area (Å²) in [5.74, 6) is 0. The van der Waals surface area contributed by atoms with E-state index in [4.69, 9.17) is 4.74 Å². The van der Waals surface area contributed by atoms with E-state index in [9.17, 15) is 4.79 Å². The molecule has 0 spiro atoms. The Morgan fingerprint density at radius 3 is 2.74 bits per heavy atom. The minimum Gasteiger partial charge on any atom is -0.444 e. The summed E-state index contributed by atoms with van der Waals surface area (Å²) in [5.41, 5.74) is -0.456. The number of nitrogens with one attached hydrogen (secondary N) is 1. The number of ether oxygens (including phenoxy) is 1. The summed E-state index contributed by atoms with van der Waals surface area (Å²) < 4.78 is 6.29. The van der Waals surface area contributed by atoms with Crippen LogP contribution in [0.15, 0.2) is 9.98 Å². The monoisotopic (exact) mass is 348 g/mol. The molecule has 0 saturated carbocycles. The van der Waals surface area contributed by atoms with E-state index in [-0.39, 0.29) is 12.1 Å². The highest BCUT2D eigenvalue weighted by Crippen LogP contribution is 2.20. The fraction of sp³-hybridized carbons (Fsp3) is 0.692. The van der Waals surface area contributed by atoms with Crippen molar-refractivity contribution >= 4 is 33.4 Å². The van der Waals surface area contributed by atoms with Crippen molar-refractivity contribution in [2.45, 2.75) is 58.6 Å². The van der Waals surface area contributed by atoms with Gasteiger partial charge in [-0.05, 0) is 49.5 Å². The van der Waals surface area contributed by atoms with Gasteiger partial charge in [-0.1, -0.05) is 6.92 Å². The Balaban J connectivity index is 2.39. The predicted octanol–water partition coefficient (Wildman–Crippen LogP) is 4.14. The van der Waals surface area contributed by atoms with Crippen molar-refractivity contribution in [2.24, 2.45) is 0 Å². The molecule has 1 amide bonds. The summed E-state index contributed by atoms with van der Waals surface area (Å²) in [6, 6.07) is 0.123. The molecule has 19 heavy (non-hydrogen) atoms. The standard InChI is InChI=1S/C13H21BrN2O2S/c1-5-9(16-12(17)18-13(2,3)4)6-7-11-15-8-10(14)19-11/h8-9H,5-7H2,1-4H3,(H,16,17). The molecule has 0 aliphatic rings. The van der Waals surface area contributed by atoms with Crippen LogP contribution in [0.3, 0.4) is 0 Å². The van der Waals surface area contributed by atoms with Gasteiger partial charge >= 0.3 is 6.09 Å². The van der Waals surface area contributed by atoms with Crippen LogP contribution in [0.5, 0.6) is 0 Å². The average Bonchev–Trinajstić information content (AvgIpc) is 2.67. The van der Waals surface area contributed by atoms with Crippen LogP contribution in [0, 0.1) is 0 Å². The SMILES string of the molecule is CCC(CCc1ncc(Br)s1)NC(=O)OC(C)(C)C. The average molecular weight is 349 g/mol. The lowest BCUT2D eigenvalue weighted by atomic mass is 10.1. The first-order chi connectivity index (χ1) is 8.80. The highest BCUT2D eigenvalue weighted by molar-refractivity contribution is 9.11. The Bertz CT molecular complexity index is 415. The van der Waals surface area contributed by atoms with Crippen molar-refractivity contribution in [3.05, 3.63) is 15.0 Å². The van der Waals surface area contributed by atoms with Crippen LogP contribution in [0.25, 0.3) is 0 Å². The number of carbonyl (C=O) groups is 1. The lowest BCUT2D eigenvalue weighted by Crippen LogP contribution is -2.39. The summed E-state index contributed by atoms with van der Waals surface area (Å²) in [4.78, 5) is 16.0. The molecule has 4 nitrogen and oxygen atoms in total. The fourth-order valence-corrected chi connectivity index (χ4v) is 2.87. The molecule has 108 valence electrons. The number of aryl methyl sites for hydroxylation is 1. The van der Waals surface area contributed by atoms with E-state index < -0.39 is 5.60 Å². The molecule has 1 N–H and O–H groups in total. The smallest absolute Gasteiger partial charge is 0.407 e. The molecule has 1 aromatic rings. The Morgan fingerprint density at radius 1 is 1.58 bits per heavy atom. The van der Waals surface area contributed by atoms with E-state index in [0.29, 0.717) is 0 Å². The van der Waals surface area contributed by atoms with Gasteiger partial charge in [0.1, 0.15) is 5.60 Å². The maximum Gasteiger partial charge on any atom is 0.407 e. The fourth-order valence-electron chi connectivity index (χ4n) is 1.55. The quantitative estimate of drug-likeness (QED) is 0.869. The largest absolute Gasteiger partial charge is 0.444 e. The van der Waals surface area contributed by atoms with Gasteiger partial charge in [0.05, 0.1) is 15.0 Å². The van der Waals surface area contributed by atoms with Crippen LogP contribution in [0.1, 0.15) is 45.5 Å². The van der Waals surface area contributed by atoms with E-state index in [1.165, 1.54) is 0 Å². The summed E-state index contributed by atoms with van der Waals surface area (Å²) in [6.45, 7) is 7.64. The molecule has 0 radical (unpaired) electrons. The molecule has 1 atom stereocenters. The third-order valence-corrected chi connectivity index (χ3v) is 3.98. The number of rotatable bonds is 5. The Labute approximate surface area is 127 Å². The zero-order valence-electron chi connectivity index (χ0n) is 11.8. The van der Waals surface area contributed by atoms with Crippen molar-refractivity contribution in [3.8, 4) is 0 Å². The van der Waals surface area contributed by atoms with Crippen molar-refractivity contribution < 1.29 is 9.53 Å². The number of amides is 1. The third kappa shape index (κ3) is 6.92. The summed E-state index contributed by atoms with van der Waals surface area (Å²) >= 11 is 5.03. The maximum atomic E-state index is 11.7. The highest BCUT2D eigenvalue weighted by atomic mass is 79.9. The van der Waals surface area contributed by atoms with Crippen molar-refractivity contribution in [2.75, 3.05) is 0 Å². The highest BCUT2D eigenvalue weighted by Gasteiger charge is 2.18. The predicted molar refractivity (Wildman–Crippen MR) is 81.6 cm³/mol. The number of hydrogen-bond donors (Lipinski definition) is 1. The van der Waals surface area contributed by atoms with Gasteiger partial charge in [0.2, 0.25) is 0 Å². The molecule has 1 aromatic heterocycles. The topological polar surface area (TPSA) is 51.2 Å². The van der Waals surface area contributed by atoms with E-state index in [1.807, 2.05) is 27.0 Å². The number of halogens is 1. The van der Waals surface area contributed by atoms with Crippen molar-refractivity contribution in [3.63, 3.8) is 0 Å². The first kappa shape index (κ1) is 16.4. The van der Waals surface area contributed by atoms with E-state index in [0.717, 1.165) is 28.1 Å². The van der Waals surface area contributed by atoms with Crippen LogP contribution < -0.4 is 5.32 Å². The minimum atomic E-state index is -0.456. The third-order valence-electron chi connectivity index (χ3n) is 2.45. The number of carbonyl (C=O) groups excluding carboxylic acids is 1. The second-order valence-electron chi connectivity index (χ2n) is 5.35. The lowest BCUT2D eigenvalue weighted by molar-refractivity contribution is 0.0500. The number of aromatic nitrogens is 1. The number of alkyl carbamates (subject to hydrolysis) is 1. The first-order valence-corrected chi connectivity index (χ1v) is 8.01. The normalized spacial score (nSPS) is 13.1. The summed E-state index contributed by atoms with van der Waals surface area (Å²) in [6.07, 6.45) is 4.08. The molecule has 0 aliphatic heterocycles. The summed E-state index contributed by atoms with van der Waals surface area (Å²) in [5, 5.41) is 3.98. The van der Waals surface area contributed by atoms with Crippen molar-refractivity contribution in [1.82, 2.24) is 10.3 Å². The molecule has 1 heterocycles. The maximum absolute atomic E-state index is 11.7. The van der Waals surface area contributed by atoms with Crippen molar-refractivity contribution in [1.29, 1.82) is 0 Å². The number of nitrogens with zero attached hydrogens (tertiary/aromatic N) is 1. The minimum absolute atomic E-state index is 0.123. The van der Waals surface area contributed by atoms with E-state index in [2.05, 4.69) is 33.2 Å². The summed E-state index contributed by atoms with van der Waals surface area (Å²) in [7, 11) is 0. The van der Waals surface area contributed by atoms with Gasteiger partial charge in [-0.15, -0.1) is 11.3 Å². The van der Waals surface area contributed by atoms with Crippen LogP contribution in [-0.4, -0.2) is 22.7 Å². The number of hydrogen-bond acceptors (Lipinski definition) is 4. The molecule has 1 rings (SSSR count). The Morgan fingerprint density at radius 2 is 2.26 bits per heavy atom. The van der Waals surface area contributed by atoms with Gasteiger partial charge in [0, 0.05) is 12.5 Å². The van der Waals surface area contributed by atoms with Gasteiger partial charge in [-0.25, -0.2) is 9.78 Å². The molecular weight excluding hydrogens is 328 g/mol. The Hall–Kier alpha value is -0.620. The zero-order valence-corrected chi connectivity index (χ0v) is 14.2. The molecule has 1 unspecified atom stereocenters. The molecular formula is C13H21BrN2O2S. The zero-order chi connectivity index (χ0) is 14.5. The van der Waals surface area contributed by atoms with Crippen LogP contribution in [0.2, 0.25) is 0 Å². The molecule has 0 aliphatic carbocycles. The van der Waals surface area contributed by atoms with E-state index >= 15 is 0 Å². The Kier molecular flexibility index (Phi) is 6.26. The van der Waals surface area contributed by atoms with Gasteiger partial charge in [-0.3, -0.25) is 0 Å². The molecule has 6 heteroatoms. The molecule has 0 bridgehead atoms. The second kappa shape index (κ2) is 7.24. The van der Waals surface area contributed by atoms with Gasteiger partial charge in [0.25, 0.3) is 0 Å². The van der Waals surface area contributed by atoms with Crippen LogP contribution in [-0.2, 0) is 11.2 Å². The van der Waals surface area contributed by atoms with Crippen LogP contribution in [0.4, 0.5) is 4.79 Å². The molecule has 0 fully saturated rings. The van der Waals surface area contributed by atoms with Gasteiger partial charge in [-0.2, -0.15) is 0 Å². The molecule has 0 saturated heterocycles. The lowest BCUT2D eigenvalue weighted by Gasteiger charge is -2.22. The van der Waals surface area contributed by atoms with Gasteiger partial charge < -0.3 is 10.1 Å². The van der Waals surface area contributed by atoms with Gasteiger partial charge in [0.15, 0.2) is 0 Å². The molecule has 0 aromatic carbocycles. The first-order valence-electron chi connectivity index (χ1n) is 6.40. The number of thiazole rings is 1. The van der Waals surface area contributed by atoms with Crippen LogP contribution >= 0.6 is 27.3 Å². The second-order valence-corrected chi connectivity index (χ2v) is 7.84.